The number of hydrogen-bond acceptors (Lipinski definition) is 2. The van der Waals surface area contributed by atoms with Gasteiger partial charge in [-0.15, -0.1) is 0 Å². The van der Waals surface area contributed by atoms with Gasteiger partial charge in [-0.3, -0.25) is 9.59 Å². The number of piperidine rings is 1. The lowest BCUT2D eigenvalue weighted by Gasteiger charge is -2.36. The summed E-state index contributed by atoms with van der Waals surface area (Å²) in [5, 5.41) is 5.93. The van der Waals surface area contributed by atoms with E-state index >= 15 is 0 Å². The molecule has 3 rings (SSSR count). The molecule has 2 N–H and O–H groups in total. The lowest BCUT2D eigenvalue weighted by molar-refractivity contribution is -0.131. The van der Waals surface area contributed by atoms with Gasteiger partial charge < -0.3 is 10.6 Å². The van der Waals surface area contributed by atoms with E-state index in [0.29, 0.717) is 25.4 Å². The van der Waals surface area contributed by atoms with Crippen LogP contribution in [-0.4, -0.2) is 24.4 Å². The largest absolute Gasteiger partial charge is 0.355 e. The molecule has 1 saturated carbocycles. The van der Waals surface area contributed by atoms with Gasteiger partial charge in [0.2, 0.25) is 11.8 Å². The monoisotopic (exact) mass is 258 g/mol. The summed E-state index contributed by atoms with van der Waals surface area (Å²) in [5.74, 6) is 0.0898. The quantitative estimate of drug-likeness (QED) is 0.853. The minimum absolute atomic E-state index is 0.0331. The zero-order chi connectivity index (χ0) is 13.3. The van der Waals surface area contributed by atoms with E-state index in [1.807, 2.05) is 30.3 Å². The van der Waals surface area contributed by atoms with Gasteiger partial charge in [0.05, 0.1) is 5.41 Å². The van der Waals surface area contributed by atoms with Crippen LogP contribution in [0.2, 0.25) is 0 Å². The molecule has 2 amide bonds. The third-order valence-electron chi connectivity index (χ3n) is 4.04. The molecular weight excluding hydrogens is 240 g/mol. The average molecular weight is 258 g/mol. The summed E-state index contributed by atoms with van der Waals surface area (Å²) in [5.41, 5.74) is 0.394. The first-order chi connectivity index (χ1) is 9.21. The van der Waals surface area contributed by atoms with E-state index < -0.39 is 5.41 Å². The number of carbonyl (C=O) groups excluding carboxylic acids is 2. The molecule has 0 bridgehead atoms. The first kappa shape index (κ1) is 12.2. The molecule has 19 heavy (non-hydrogen) atoms. The Morgan fingerprint density at radius 2 is 2.00 bits per heavy atom. The van der Waals surface area contributed by atoms with Gasteiger partial charge >= 0.3 is 0 Å². The van der Waals surface area contributed by atoms with Gasteiger partial charge in [-0.1, -0.05) is 30.3 Å². The Hall–Kier alpha value is -1.84. The van der Waals surface area contributed by atoms with Gasteiger partial charge in [0.25, 0.3) is 0 Å². The molecule has 1 aromatic carbocycles. The Morgan fingerprint density at radius 1 is 1.26 bits per heavy atom. The van der Waals surface area contributed by atoms with Crippen molar-refractivity contribution < 1.29 is 9.59 Å². The van der Waals surface area contributed by atoms with Gasteiger partial charge in [-0.05, 0) is 24.8 Å². The first-order valence-electron chi connectivity index (χ1n) is 6.84. The molecule has 2 fully saturated rings. The van der Waals surface area contributed by atoms with Crippen LogP contribution in [0.3, 0.4) is 0 Å². The number of nitrogens with one attached hydrogen (secondary N) is 2. The van der Waals surface area contributed by atoms with E-state index in [1.54, 1.807) is 0 Å². The number of carbonyl (C=O) groups is 2. The van der Waals surface area contributed by atoms with Gasteiger partial charge in [0, 0.05) is 19.0 Å². The Bertz CT molecular complexity index is 484. The van der Waals surface area contributed by atoms with Gasteiger partial charge in [0.15, 0.2) is 0 Å². The Balaban J connectivity index is 1.90. The van der Waals surface area contributed by atoms with E-state index in [-0.39, 0.29) is 11.8 Å². The van der Waals surface area contributed by atoms with E-state index in [0.717, 1.165) is 18.4 Å². The predicted octanol–water partition coefficient (Wildman–Crippen LogP) is 1.11. The molecule has 1 aliphatic heterocycles. The SMILES string of the molecule is O=C1CCC(C(=O)NC2CC2)(c2ccccc2)CN1. The fourth-order valence-corrected chi connectivity index (χ4v) is 2.63. The lowest BCUT2D eigenvalue weighted by Crippen LogP contribution is -2.55. The highest BCUT2D eigenvalue weighted by Crippen LogP contribution is 2.33. The third-order valence-corrected chi connectivity index (χ3v) is 4.04. The fraction of sp³-hybridized carbons (Fsp3) is 0.467. The van der Waals surface area contributed by atoms with E-state index in [1.165, 1.54) is 0 Å². The van der Waals surface area contributed by atoms with Crippen LogP contribution in [0.1, 0.15) is 31.2 Å². The van der Waals surface area contributed by atoms with Crippen LogP contribution in [-0.2, 0) is 15.0 Å². The molecule has 1 atom stereocenters. The normalized spacial score (nSPS) is 26.6. The highest BCUT2D eigenvalue weighted by molar-refractivity contribution is 5.92. The standard InChI is InChI=1S/C15H18N2O2/c18-13-8-9-15(10-16-13,11-4-2-1-3-5-11)14(19)17-12-6-7-12/h1-5,12H,6-10H2,(H,16,18)(H,17,19). The molecule has 100 valence electrons. The second-order valence-corrected chi connectivity index (χ2v) is 5.47. The van der Waals surface area contributed by atoms with Crippen molar-refractivity contribution in [2.45, 2.75) is 37.1 Å². The van der Waals surface area contributed by atoms with Crippen molar-refractivity contribution in [2.75, 3.05) is 6.54 Å². The van der Waals surface area contributed by atoms with Crippen LogP contribution in [0, 0.1) is 0 Å². The number of hydrogen-bond donors (Lipinski definition) is 2. The van der Waals surface area contributed by atoms with Crippen LogP contribution in [0.25, 0.3) is 0 Å². The summed E-state index contributed by atoms with van der Waals surface area (Å²) in [6.07, 6.45) is 3.14. The maximum absolute atomic E-state index is 12.6. The Morgan fingerprint density at radius 3 is 2.58 bits per heavy atom. The maximum Gasteiger partial charge on any atom is 0.232 e. The molecule has 4 nitrogen and oxygen atoms in total. The van der Waals surface area contributed by atoms with Gasteiger partial charge in [0.1, 0.15) is 0 Å². The smallest absolute Gasteiger partial charge is 0.232 e. The fourth-order valence-electron chi connectivity index (χ4n) is 2.63. The van der Waals surface area contributed by atoms with Gasteiger partial charge in [-0.25, -0.2) is 0 Å². The van der Waals surface area contributed by atoms with Crippen LogP contribution in [0.4, 0.5) is 0 Å². The molecule has 2 aliphatic rings. The maximum atomic E-state index is 12.6. The summed E-state index contributed by atoms with van der Waals surface area (Å²) in [4.78, 5) is 24.0. The summed E-state index contributed by atoms with van der Waals surface area (Å²) < 4.78 is 0. The van der Waals surface area contributed by atoms with Crippen molar-refractivity contribution in [1.82, 2.24) is 10.6 Å². The second kappa shape index (κ2) is 4.68. The third kappa shape index (κ3) is 2.35. The average Bonchev–Trinajstić information content (AvgIpc) is 3.25. The van der Waals surface area contributed by atoms with Crippen LogP contribution in [0.15, 0.2) is 30.3 Å². The van der Waals surface area contributed by atoms with Crippen LogP contribution in [0.5, 0.6) is 0 Å². The molecule has 1 aromatic rings. The summed E-state index contributed by atoms with van der Waals surface area (Å²) in [6.45, 7) is 0.397. The number of amides is 2. The highest BCUT2D eigenvalue weighted by atomic mass is 16.2. The summed E-state index contributed by atoms with van der Waals surface area (Å²) in [7, 11) is 0. The lowest BCUT2D eigenvalue weighted by atomic mass is 9.73. The van der Waals surface area contributed by atoms with E-state index in [2.05, 4.69) is 10.6 Å². The van der Waals surface area contributed by atoms with Crippen molar-refractivity contribution in [1.29, 1.82) is 0 Å². The molecule has 1 aliphatic carbocycles. The molecule has 1 saturated heterocycles. The van der Waals surface area contributed by atoms with Crippen LogP contribution >= 0.6 is 0 Å². The molecular formula is C15H18N2O2. The van der Waals surface area contributed by atoms with E-state index in [4.69, 9.17) is 0 Å². The van der Waals surface area contributed by atoms with Crippen molar-refractivity contribution in [3.8, 4) is 0 Å². The molecule has 1 heterocycles. The molecule has 0 radical (unpaired) electrons. The molecule has 1 unspecified atom stereocenters. The van der Waals surface area contributed by atoms with Crippen molar-refractivity contribution in [3.63, 3.8) is 0 Å². The predicted molar refractivity (Wildman–Crippen MR) is 71.5 cm³/mol. The molecule has 0 aromatic heterocycles. The van der Waals surface area contributed by atoms with Crippen molar-refractivity contribution >= 4 is 11.8 Å². The summed E-state index contributed by atoms with van der Waals surface area (Å²) >= 11 is 0. The second-order valence-electron chi connectivity index (χ2n) is 5.47. The zero-order valence-corrected chi connectivity index (χ0v) is 10.8. The van der Waals surface area contributed by atoms with Crippen molar-refractivity contribution in [2.24, 2.45) is 0 Å². The molecule has 0 spiro atoms. The minimum Gasteiger partial charge on any atom is -0.355 e. The number of benzene rings is 1. The zero-order valence-electron chi connectivity index (χ0n) is 10.8. The Labute approximate surface area is 112 Å². The van der Waals surface area contributed by atoms with Crippen LogP contribution < -0.4 is 10.6 Å². The van der Waals surface area contributed by atoms with Gasteiger partial charge in [-0.2, -0.15) is 0 Å². The topological polar surface area (TPSA) is 58.2 Å². The minimum atomic E-state index is -0.599. The molecule has 4 heteroatoms. The van der Waals surface area contributed by atoms with E-state index in [9.17, 15) is 9.59 Å². The summed E-state index contributed by atoms with van der Waals surface area (Å²) in [6, 6.07) is 10.1. The first-order valence-corrected chi connectivity index (χ1v) is 6.84. The Kier molecular flexibility index (Phi) is 3.01. The highest BCUT2D eigenvalue weighted by Gasteiger charge is 2.44. The number of rotatable bonds is 3. The van der Waals surface area contributed by atoms with Crippen molar-refractivity contribution in [3.05, 3.63) is 35.9 Å².